The van der Waals surface area contributed by atoms with Gasteiger partial charge in [0.2, 0.25) is 5.60 Å². The Hall–Kier alpha value is -1.35. The number of hydrogen-bond donors (Lipinski definition) is 0. The number of hydrogen-bond acceptors (Lipinski definition) is 3. The second-order valence-corrected chi connectivity index (χ2v) is 6.65. The summed E-state index contributed by atoms with van der Waals surface area (Å²) in [5.41, 5.74) is 2.40. The van der Waals surface area contributed by atoms with Crippen molar-refractivity contribution in [2.45, 2.75) is 44.6 Å². The van der Waals surface area contributed by atoms with Crippen LogP contribution in [0, 0.1) is 0 Å². The Morgan fingerprint density at radius 1 is 1.16 bits per heavy atom. The van der Waals surface area contributed by atoms with Gasteiger partial charge in [0.25, 0.3) is 0 Å². The van der Waals surface area contributed by atoms with Gasteiger partial charge in [-0.2, -0.15) is 0 Å². The molecule has 2 fully saturated rings. The number of thiazole rings is 1. The summed E-state index contributed by atoms with van der Waals surface area (Å²) in [4.78, 5) is 4.75. The highest BCUT2D eigenvalue weighted by Gasteiger charge is 2.54. The second-order valence-electron chi connectivity index (χ2n) is 5.62. The topological polar surface area (TPSA) is 25.4 Å². The van der Waals surface area contributed by atoms with E-state index in [1.54, 1.807) is 11.3 Å². The number of ether oxygens (including phenoxy) is 1. The number of allylic oxidation sites excluding steroid dienone is 1. The van der Waals surface area contributed by atoms with Gasteiger partial charge in [0, 0.05) is 0 Å². The summed E-state index contributed by atoms with van der Waals surface area (Å²) in [5.74, 6) is 1.21. The molecule has 0 amide bonds. The van der Waals surface area contributed by atoms with Crippen molar-refractivity contribution in [3.05, 3.63) is 40.6 Å². The molecular weight excluding hydrogens is 254 g/mol. The molecule has 0 spiro atoms. The van der Waals surface area contributed by atoms with E-state index in [1.807, 2.05) is 6.07 Å². The van der Waals surface area contributed by atoms with Crippen molar-refractivity contribution in [3.63, 3.8) is 0 Å². The Bertz CT molecular complexity index is 631. The Balaban J connectivity index is 1.72. The fourth-order valence-corrected chi connectivity index (χ4v) is 4.06. The van der Waals surface area contributed by atoms with E-state index in [0.717, 1.165) is 10.5 Å². The van der Waals surface area contributed by atoms with E-state index in [2.05, 4.69) is 25.1 Å². The summed E-state index contributed by atoms with van der Waals surface area (Å²) < 4.78 is 7.24. The summed E-state index contributed by atoms with van der Waals surface area (Å²) in [5, 5.41) is 1.11. The van der Waals surface area contributed by atoms with Gasteiger partial charge in [-0.15, -0.1) is 11.3 Å². The van der Waals surface area contributed by atoms with Crippen LogP contribution in [-0.2, 0) is 10.3 Å². The molecule has 1 atom stereocenters. The van der Waals surface area contributed by atoms with Crippen LogP contribution in [0.4, 0.5) is 0 Å². The Morgan fingerprint density at radius 2 is 1.95 bits per heavy atom. The lowest BCUT2D eigenvalue weighted by Gasteiger charge is -2.11. The average Bonchev–Trinajstić information content (AvgIpc) is 2.97. The normalized spacial score (nSPS) is 26.6. The van der Waals surface area contributed by atoms with Gasteiger partial charge in [-0.1, -0.05) is 18.6 Å². The van der Waals surface area contributed by atoms with Gasteiger partial charge >= 0.3 is 0 Å². The van der Waals surface area contributed by atoms with E-state index >= 15 is 0 Å². The van der Waals surface area contributed by atoms with Gasteiger partial charge in [-0.25, -0.2) is 4.98 Å². The maximum Gasteiger partial charge on any atom is 0.213 e. The lowest BCUT2D eigenvalue weighted by atomic mass is 9.92. The van der Waals surface area contributed by atoms with Crippen molar-refractivity contribution in [2.75, 3.05) is 0 Å². The van der Waals surface area contributed by atoms with E-state index in [-0.39, 0.29) is 5.60 Å². The lowest BCUT2D eigenvalue weighted by molar-refractivity contribution is 0.336. The first-order valence-corrected chi connectivity index (χ1v) is 7.86. The summed E-state index contributed by atoms with van der Waals surface area (Å²) in [6, 6.07) is 8.33. The van der Waals surface area contributed by atoms with Crippen LogP contribution >= 0.6 is 11.3 Å². The average molecular weight is 271 g/mol. The van der Waals surface area contributed by atoms with Crippen molar-refractivity contribution in [1.29, 1.82) is 0 Å². The van der Waals surface area contributed by atoms with E-state index in [1.165, 1.54) is 48.1 Å². The minimum atomic E-state index is -0.226. The molecule has 98 valence electrons. The van der Waals surface area contributed by atoms with E-state index in [4.69, 9.17) is 9.72 Å². The standard InChI is InChI=1S/C16H17NOS/c1-16(14(18-16)11-7-3-2-4-8-11)15-17-12-9-5-6-10-13(12)19-15/h5-6,9-10H,2-4,7-8H2,1H3. The molecule has 19 heavy (non-hydrogen) atoms. The van der Waals surface area contributed by atoms with Gasteiger partial charge in [-0.05, 0) is 50.3 Å². The van der Waals surface area contributed by atoms with Crippen LogP contribution in [0.1, 0.15) is 44.0 Å². The molecular formula is C16H17NOS. The Labute approximate surface area is 117 Å². The molecule has 1 saturated carbocycles. The number of nitrogens with zero attached hydrogens (tertiary/aromatic N) is 1. The van der Waals surface area contributed by atoms with E-state index in [9.17, 15) is 0 Å². The predicted molar refractivity (Wildman–Crippen MR) is 78.2 cm³/mol. The van der Waals surface area contributed by atoms with Crippen LogP contribution in [-0.4, -0.2) is 4.98 Å². The summed E-state index contributed by atoms with van der Waals surface area (Å²) in [6.45, 7) is 2.17. The summed E-state index contributed by atoms with van der Waals surface area (Å²) >= 11 is 1.76. The van der Waals surface area contributed by atoms with Crippen LogP contribution in [0.3, 0.4) is 0 Å². The first-order chi connectivity index (χ1) is 9.27. The van der Waals surface area contributed by atoms with Crippen molar-refractivity contribution in [2.24, 2.45) is 0 Å². The highest BCUT2D eigenvalue weighted by molar-refractivity contribution is 7.18. The molecule has 2 aromatic rings. The molecule has 4 rings (SSSR count). The predicted octanol–water partition coefficient (Wildman–Crippen LogP) is 4.76. The van der Waals surface area contributed by atoms with Gasteiger partial charge in [0.05, 0.1) is 10.2 Å². The molecule has 0 radical (unpaired) electrons. The molecule has 1 aromatic heterocycles. The first kappa shape index (κ1) is 11.5. The molecule has 3 heteroatoms. The van der Waals surface area contributed by atoms with Crippen molar-refractivity contribution in [3.8, 4) is 0 Å². The Morgan fingerprint density at radius 3 is 2.74 bits per heavy atom. The van der Waals surface area contributed by atoms with Gasteiger partial charge in [-0.3, -0.25) is 0 Å². The third kappa shape index (κ3) is 1.79. The fraction of sp³-hybridized carbons (Fsp3) is 0.438. The number of rotatable bonds is 1. The minimum absolute atomic E-state index is 0.226. The molecule has 1 saturated heterocycles. The fourth-order valence-electron chi connectivity index (χ4n) is 3.01. The van der Waals surface area contributed by atoms with Crippen molar-refractivity contribution < 1.29 is 4.74 Å². The molecule has 1 aromatic carbocycles. The maximum absolute atomic E-state index is 5.99. The van der Waals surface area contributed by atoms with Crippen LogP contribution in [0.15, 0.2) is 35.6 Å². The van der Waals surface area contributed by atoms with Crippen molar-refractivity contribution >= 4 is 21.6 Å². The van der Waals surface area contributed by atoms with Gasteiger partial charge < -0.3 is 4.74 Å². The quantitative estimate of drug-likeness (QED) is 0.699. The molecule has 0 N–H and O–H groups in total. The highest BCUT2D eigenvalue weighted by atomic mass is 32.1. The van der Waals surface area contributed by atoms with Crippen LogP contribution < -0.4 is 0 Å². The zero-order valence-corrected chi connectivity index (χ0v) is 11.9. The lowest BCUT2D eigenvalue weighted by Crippen LogP contribution is -2.02. The number of epoxide rings is 1. The third-order valence-electron chi connectivity index (χ3n) is 4.18. The first-order valence-electron chi connectivity index (χ1n) is 7.05. The zero-order valence-electron chi connectivity index (χ0n) is 11.1. The summed E-state index contributed by atoms with van der Waals surface area (Å²) in [6.07, 6.45) is 6.44. The molecule has 0 bridgehead atoms. The SMILES string of the molecule is CC1(c2nc3ccccc3s2)OC1=C1CCCCC1. The number of aromatic nitrogens is 1. The molecule has 1 aliphatic heterocycles. The molecule has 2 aliphatic rings. The minimum Gasteiger partial charge on any atom is -0.472 e. The zero-order chi connectivity index (χ0) is 12.9. The van der Waals surface area contributed by atoms with Crippen LogP contribution in [0.25, 0.3) is 10.2 Å². The second kappa shape index (κ2) is 4.07. The number of para-hydroxylation sites is 1. The van der Waals surface area contributed by atoms with E-state index in [0.29, 0.717) is 0 Å². The molecule has 2 heterocycles. The van der Waals surface area contributed by atoms with Gasteiger partial charge in [0.1, 0.15) is 10.8 Å². The van der Waals surface area contributed by atoms with E-state index < -0.39 is 0 Å². The maximum atomic E-state index is 5.99. The van der Waals surface area contributed by atoms with Crippen LogP contribution in [0.2, 0.25) is 0 Å². The Kier molecular flexibility index (Phi) is 2.46. The highest BCUT2D eigenvalue weighted by Crippen LogP contribution is 2.54. The van der Waals surface area contributed by atoms with Crippen molar-refractivity contribution in [1.82, 2.24) is 4.98 Å². The number of fused-ring (bicyclic) bond motifs is 1. The third-order valence-corrected chi connectivity index (χ3v) is 5.42. The molecule has 1 unspecified atom stereocenters. The largest absolute Gasteiger partial charge is 0.472 e. The monoisotopic (exact) mass is 271 g/mol. The van der Waals surface area contributed by atoms with Crippen LogP contribution in [0.5, 0.6) is 0 Å². The smallest absolute Gasteiger partial charge is 0.213 e. The molecule has 2 nitrogen and oxygen atoms in total. The summed E-state index contributed by atoms with van der Waals surface area (Å²) in [7, 11) is 0. The van der Waals surface area contributed by atoms with Gasteiger partial charge in [0.15, 0.2) is 0 Å². The molecule has 1 aliphatic carbocycles. The number of benzene rings is 1.